The highest BCUT2D eigenvalue weighted by molar-refractivity contribution is 5.88. The van der Waals surface area contributed by atoms with Gasteiger partial charge in [-0.25, -0.2) is 9.59 Å². The van der Waals surface area contributed by atoms with E-state index < -0.39 is 23.2 Å². The van der Waals surface area contributed by atoms with E-state index in [-0.39, 0.29) is 24.3 Å². The van der Waals surface area contributed by atoms with Crippen molar-refractivity contribution in [3.05, 3.63) is 0 Å². The second kappa shape index (κ2) is 6.61. The molecule has 3 unspecified atom stereocenters. The Morgan fingerprint density at radius 2 is 1.92 bits per heavy atom. The molecule has 2 bridgehead atoms. The summed E-state index contributed by atoms with van der Waals surface area (Å²) in [5, 5.41) is 0. The molecule has 0 aromatic heterocycles. The summed E-state index contributed by atoms with van der Waals surface area (Å²) in [6.07, 6.45) is 1.25. The van der Waals surface area contributed by atoms with Gasteiger partial charge < -0.3 is 14.2 Å². The molecule has 2 saturated heterocycles. The van der Waals surface area contributed by atoms with E-state index in [0.29, 0.717) is 25.9 Å². The highest BCUT2D eigenvalue weighted by Gasteiger charge is 2.64. The molecule has 2 aliphatic rings. The molecule has 24 heavy (non-hydrogen) atoms. The van der Waals surface area contributed by atoms with Crippen molar-refractivity contribution in [2.24, 2.45) is 5.92 Å². The number of hydrogen-bond donors (Lipinski definition) is 0. The molecule has 2 heterocycles. The third-order valence-electron chi connectivity index (χ3n) is 4.68. The fourth-order valence-corrected chi connectivity index (χ4v) is 3.91. The van der Waals surface area contributed by atoms with Crippen LogP contribution in [-0.2, 0) is 23.8 Å². The maximum absolute atomic E-state index is 12.7. The van der Waals surface area contributed by atoms with Gasteiger partial charge >= 0.3 is 18.0 Å². The second-order valence-electron chi connectivity index (χ2n) is 7.45. The van der Waals surface area contributed by atoms with Crippen molar-refractivity contribution in [3.63, 3.8) is 0 Å². The molecular formula is C17H27NO6. The quantitative estimate of drug-likeness (QED) is 0.576. The van der Waals surface area contributed by atoms with Crippen LogP contribution in [0.3, 0.4) is 0 Å². The van der Waals surface area contributed by atoms with Crippen LogP contribution in [0.15, 0.2) is 0 Å². The maximum Gasteiger partial charge on any atom is 0.411 e. The van der Waals surface area contributed by atoms with Crippen molar-refractivity contribution in [3.8, 4) is 0 Å². The standard InChI is InChI=1S/C17H27NO6/c1-6-23-13(19)9-11-10-17(14(20)22-5)8-7-12(11)18(17)15(21)24-16(2,3)4/h11-12H,6-10H2,1-5H3. The Morgan fingerprint density at radius 1 is 1.25 bits per heavy atom. The molecule has 0 aliphatic carbocycles. The lowest BCUT2D eigenvalue weighted by molar-refractivity contribution is -0.152. The van der Waals surface area contributed by atoms with Gasteiger partial charge in [0.1, 0.15) is 11.1 Å². The first-order chi connectivity index (χ1) is 11.1. The van der Waals surface area contributed by atoms with E-state index in [4.69, 9.17) is 14.2 Å². The Hall–Kier alpha value is -1.79. The first kappa shape index (κ1) is 18.5. The van der Waals surface area contributed by atoms with Crippen molar-refractivity contribution < 1.29 is 28.6 Å². The number of carbonyl (C=O) groups excluding carboxylic acids is 3. The van der Waals surface area contributed by atoms with Crippen LogP contribution in [-0.4, -0.2) is 53.8 Å². The van der Waals surface area contributed by atoms with Crippen molar-refractivity contribution in [2.75, 3.05) is 13.7 Å². The van der Waals surface area contributed by atoms with Gasteiger partial charge in [-0.1, -0.05) is 0 Å². The fourth-order valence-electron chi connectivity index (χ4n) is 3.91. The molecule has 0 N–H and O–H groups in total. The van der Waals surface area contributed by atoms with Crippen LogP contribution in [0.25, 0.3) is 0 Å². The van der Waals surface area contributed by atoms with Gasteiger partial charge in [0.15, 0.2) is 0 Å². The minimum absolute atomic E-state index is 0.121. The number of fused-ring (bicyclic) bond motifs is 2. The number of esters is 2. The Kier molecular flexibility index (Phi) is 5.11. The van der Waals surface area contributed by atoms with Crippen molar-refractivity contribution in [1.82, 2.24) is 4.90 Å². The monoisotopic (exact) mass is 341 g/mol. The summed E-state index contributed by atoms with van der Waals surface area (Å²) >= 11 is 0. The van der Waals surface area contributed by atoms with E-state index in [1.165, 1.54) is 12.0 Å². The molecule has 0 aromatic carbocycles. The van der Waals surface area contributed by atoms with Gasteiger partial charge in [-0.2, -0.15) is 0 Å². The SMILES string of the molecule is CCOC(=O)CC1CC2(C(=O)OC)CCC1N2C(=O)OC(C)(C)C. The zero-order valence-corrected chi connectivity index (χ0v) is 15.1. The molecule has 136 valence electrons. The van der Waals surface area contributed by atoms with E-state index in [0.717, 1.165) is 0 Å². The van der Waals surface area contributed by atoms with Crippen molar-refractivity contribution in [2.45, 2.75) is 70.6 Å². The van der Waals surface area contributed by atoms with Crippen LogP contribution in [0.5, 0.6) is 0 Å². The normalized spacial score (nSPS) is 28.6. The number of methoxy groups -OCH3 is 1. The molecule has 7 nitrogen and oxygen atoms in total. The lowest BCUT2D eigenvalue weighted by Crippen LogP contribution is -2.52. The zero-order chi connectivity index (χ0) is 18.1. The van der Waals surface area contributed by atoms with Crippen LogP contribution in [0.4, 0.5) is 4.79 Å². The highest BCUT2D eigenvalue weighted by Crippen LogP contribution is 2.52. The Bertz CT molecular complexity index is 526. The van der Waals surface area contributed by atoms with Gasteiger partial charge in [-0.15, -0.1) is 0 Å². The molecule has 0 aromatic rings. The molecule has 2 rings (SSSR count). The average Bonchev–Trinajstić information content (AvgIpc) is 2.98. The Labute approximate surface area is 142 Å². The molecular weight excluding hydrogens is 314 g/mol. The van der Waals surface area contributed by atoms with E-state index in [1.54, 1.807) is 27.7 Å². The number of rotatable bonds is 4. The van der Waals surface area contributed by atoms with Crippen molar-refractivity contribution >= 4 is 18.0 Å². The number of amides is 1. The van der Waals surface area contributed by atoms with Gasteiger partial charge in [0.25, 0.3) is 0 Å². The molecule has 0 spiro atoms. The maximum atomic E-state index is 12.7. The second-order valence-corrected chi connectivity index (χ2v) is 7.45. The smallest absolute Gasteiger partial charge is 0.411 e. The highest BCUT2D eigenvalue weighted by atomic mass is 16.6. The summed E-state index contributed by atoms with van der Waals surface area (Å²) in [6, 6.07) is -0.205. The van der Waals surface area contributed by atoms with Crippen LogP contribution in [0, 0.1) is 5.92 Å². The van der Waals surface area contributed by atoms with E-state index in [1.807, 2.05) is 0 Å². The van der Waals surface area contributed by atoms with Crippen molar-refractivity contribution in [1.29, 1.82) is 0 Å². The van der Waals surface area contributed by atoms with Crippen LogP contribution < -0.4 is 0 Å². The largest absolute Gasteiger partial charge is 0.467 e. The molecule has 7 heteroatoms. The van der Waals surface area contributed by atoms with E-state index >= 15 is 0 Å². The summed E-state index contributed by atoms with van der Waals surface area (Å²) in [5.74, 6) is -0.870. The Balaban J connectivity index is 2.25. The molecule has 2 fully saturated rings. The lowest BCUT2D eigenvalue weighted by atomic mass is 9.79. The van der Waals surface area contributed by atoms with Crippen LogP contribution in [0.2, 0.25) is 0 Å². The van der Waals surface area contributed by atoms with Gasteiger partial charge in [-0.3, -0.25) is 9.69 Å². The Morgan fingerprint density at radius 3 is 2.46 bits per heavy atom. The van der Waals surface area contributed by atoms with E-state index in [2.05, 4.69) is 0 Å². The topological polar surface area (TPSA) is 82.1 Å². The van der Waals surface area contributed by atoms with Gasteiger partial charge in [0, 0.05) is 6.04 Å². The molecule has 0 radical (unpaired) electrons. The first-order valence-electron chi connectivity index (χ1n) is 8.41. The number of nitrogens with zero attached hydrogens (tertiary/aromatic N) is 1. The summed E-state index contributed by atoms with van der Waals surface area (Å²) in [5.41, 5.74) is -1.69. The predicted octanol–water partition coefficient (Wildman–Crippen LogP) is 2.27. The van der Waals surface area contributed by atoms with Gasteiger partial charge in [0.05, 0.1) is 20.1 Å². The third kappa shape index (κ3) is 3.35. The van der Waals surface area contributed by atoms with Crippen LogP contribution in [0.1, 0.15) is 53.4 Å². The minimum atomic E-state index is -1.03. The molecule has 2 aliphatic heterocycles. The number of hydrogen-bond acceptors (Lipinski definition) is 6. The summed E-state index contributed by atoms with van der Waals surface area (Å²) < 4.78 is 15.5. The fraction of sp³-hybridized carbons (Fsp3) is 0.824. The van der Waals surface area contributed by atoms with Gasteiger partial charge in [-0.05, 0) is 52.9 Å². The molecule has 3 atom stereocenters. The average molecular weight is 341 g/mol. The summed E-state index contributed by atoms with van der Waals surface area (Å²) in [6.45, 7) is 7.41. The summed E-state index contributed by atoms with van der Waals surface area (Å²) in [7, 11) is 1.32. The first-order valence-corrected chi connectivity index (χ1v) is 8.41. The lowest BCUT2D eigenvalue weighted by Gasteiger charge is -2.33. The summed E-state index contributed by atoms with van der Waals surface area (Å²) in [4.78, 5) is 38.5. The zero-order valence-electron chi connectivity index (χ0n) is 15.1. The molecule has 0 saturated carbocycles. The predicted molar refractivity (Wildman–Crippen MR) is 85.2 cm³/mol. The third-order valence-corrected chi connectivity index (χ3v) is 4.68. The molecule has 1 amide bonds. The van der Waals surface area contributed by atoms with E-state index in [9.17, 15) is 14.4 Å². The number of carbonyl (C=O) groups is 3. The van der Waals surface area contributed by atoms with Gasteiger partial charge in [0.2, 0.25) is 0 Å². The number of ether oxygens (including phenoxy) is 3. The minimum Gasteiger partial charge on any atom is -0.467 e. The van der Waals surface area contributed by atoms with Crippen LogP contribution >= 0.6 is 0 Å².